The molecule has 0 aliphatic heterocycles. The van der Waals surface area contributed by atoms with Crippen LogP contribution in [0.4, 0.5) is 5.69 Å². The van der Waals surface area contributed by atoms with Crippen molar-refractivity contribution in [2.75, 3.05) is 5.73 Å². The fourth-order valence-corrected chi connectivity index (χ4v) is 2.66. The lowest BCUT2D eigenvalue weighted by atomic mass is 10.0. The third-order valence-corrected chi connectivity index (χ3v) is 3.63. The van der Waals surface area contributed by atoms with Gasteiger partial charge in [0, 0.05) is 11.6 Å². The molecule has 90 valence electrons. The zero-order chi connectivity index (χ0) is 11.7. The molecule has 1 saturated carbocycles. The number of hydrogen-bond donors (Lipinski definition) is 1. The van der Waals surface area contributed by atoms with Gasteiger partial charge in [-0.3, -0.25) is 0 Å². The Morgan fingerprint density at radius 3 is 2.65 bits per heavy atom. The van der Waals surface area contributed by atoms with E-state index in [1.807, 2.05) is 18.2 Å². The molecule has 3 rings (SSSR count). The minimum absolute atomic E-state index is 0.506. The molecule has 1 heterocycles. The van der Waals surface area contributed by atoms with Gasteiger partial charge >= 0.3 is 0 Å². The van der Waals surface area contributed by atoms with Crippen molar-refractivity contribution in [1.82, 2.24) is 4.98 Å². The van der Waals surface area contributed by atoms with Gasteiger partial charge in [-0.15, -0.1) is 0 Å². The van der Waals surface area contributed by atoms with Gasteiger partial charge in [0.1, 0.15) is 5.52 Å². The van der Waals surface area contributed by atoms with E-state index in [2.05, 4.69) is 4.98 Å². The standard InChI is InChI=1S/C14H18N2O/c15-11-7-8-13-12(9-11)16-14(17-13)10-5-3-1-2-4-6-10/h7-10H,1-6,15H2. The fourth-order valence-electron chi connectivity index (χ4n) is 2.66. The Morgan fingerprint density at radius 1 is 1.12 bits per heavy atom. The van der Waals surface area contributed by atoms with Crippen LogP contribution in [-0.2, 0) is 0 Å². The molecule has 0 atom stereocenters. The Bertz CT molecular complexity index is 510. The Balaban J connectivity index is 1.93. The Hall–Kier alpha value is -1.51. The molecule has 0 bridgehead atoms. The van der Waals surface area contributed by atoms with E-state index in [0.29, 0.717) is 5.92 Å². The summed E-state index contributed by atoms with van der Waals surface area (Å²) in [6.07, 6.45) is 7.72. The van der Waals surface area contributed by atoms with Gasteiger partial charge in [0.05, 0.1) is 0 Å². The highest BCUT2D eigenvalue weighted by molar-refractivity contribution is 5.76. The first-order valence-electron chi connectivity index (χ1n) is 6.49. The molecular weight excluding hydrogens is 212 g/mol. The van der Waals surface area contributed by atoms with Gasteiger partial charge in [-0.2, -0.15) is 0 Å². The van der Waals surface area contributed by atoms with E-state index in [1.54, 1.807) is 0 Å². The van der Waals surface area contributed by atoms with E-state index in [9.17, 15) is 0 Å². The number of nitrogens with two attached hydrogens (primary N) is 1. The van der Waals surface area contributed by atoms with E-state index in [-0.39, 0.29) is 0 Å². The molecule has 0 unspecified atom stereocenters. The van der Waals surface area contributed by atoms with Gasteiger partial charge in [-0.1, -0.05) is 25.7 Å². The summed E-state index contributed by atoms with van der Waals surface area (Å²) in [4.78, 5) is 4.59. The number of benzene rings is 1. The molecule has 3 nitrogen and oxygen atoms in total. The molecule has 1 aromatic heterocycles. The van der Waals surface area contributed by atoms with Crippen molar-refractivity contribution in [1.29, 1.82) is 0 Å². The Kier molecular flexibility index (Phi) is 2.75. The third-order valence-electron chi connectivity index (χ3n) is 3.63. The van der Waals surface area contributed by atoms with Crippen LogP contribution in [0.1, 0.15) is 50.3 Å². The van der Waals surface area contributed by atoms with Crippen LogP contribution in [0, 0.1) is 0 Å². The van der Waals surface area contributed by atoms with Crippen molar-refractivity contribution in [3.63, 3.8) is 0 Å². The lowest BCUT2D eigenvalue weighted by Gasteiger charge is -2.07. The lowest BCUT2D eigenvalue weighted by molar-refractivity contribution is 0.438. The zero-order valence-electron chi connectivity index (χ0n) is 9.98. The SMILES string of the molecule is Nc1ccc2oc(C3CCCCCC3)nc2c1. The number of fused-ring (bicyclic) bond motifs is 1. The van der Waals surface area contributed by atoms with Crippen LogP contribution in [-0.4, -0.2) is 4.98 Å². The van der Waals surface area contributed by atoms with E-state index in [4.69, 9.17) is 10.2 Å². The summed E-state index contributed by atoms with van der Waals surface area (Å²) >= 11 is 0. The van der Waals surface area contributed by atoms with Crippen LogP contribution in [0.3, 0.4) is 0 Å². The van der Waals surface area contributed by atoms with Crippen molar-refractivity contribution in [2.24, 2.45) is 0 Å². The minimum Gasteiger partial charge on any atom is -0.440 e. The summed E-state index contributed by atoms with van der Waals surface area (Å²) in [5.74, 6) is 1.42. The smallest absolute Gasteiger partial charge is 0.198 e. The number of aromatic nitrogens is 1. The van der Waals surface area contributed by atoms with E-state index in [0.717, 1.165) is 22.7 Å². The highest BCUT2D eigenvalue weighted by Gasteiger charge is 2.19. The monoisotopic (exact) mass is 230 g/mol. The summed E-state index contributed by atoms with van der Waals surface area (Å²) in [7, 11) is 0. The molecule has 1 fully saturated rings. The van der Waals surface area contributed by atoms with Crippen LogP contribution in [0.25, 0.3) is 11.1 Å². The number of hydrogen-bond acceptors (Lipinski definition) is 3. The molecule has 0 spiro atoms. The second kappa shape index (κ2) is 4.40. The second-order valence-electron chi connectivity index (χ2n) is 4.97. The maximum Gasteiger partial charge on any atom is 0.198 e. The van der Waals surface area contributed by atoms with Crippen LogP contribution in [0.2, 0.25) is 0 Å². The number of nitrogens with zero attached hydrogens (tertiary/aromatic N) is 1. The average molecular weight is 230 g/mol. The summed E-state index contributed by atoms with van der Waals surface area (Å²) in [5, 5.41) is 0. The van der Waals surface area contributed by atoms with Crippen molar-refractivity contribution in [3.8, 4) is 0 Å². The Morgan fingerprint density at radius 2 is 1.88 bits per heavy atom. The van der Waals surface area contributed by atoms with Crippen molar-refractivity contribution in [2.45, 2.75) is 44.4 Å². The number of nitrogen functional groups attached to an aromatic ring is 1. The molecule has 1 aromatic carbocycles. The van der Waals surface area contributed by atoms with E-state index < -0.39 is 0 Å². The van der Waals surface area contributed by atoms with Gasteiger partial charge in [0.25, 0.3) is 0 Å². The largest absolute Gasteiger partial charge is 0.440 e. The first-order valence-corrected chi connectivity index (χ1v) is 6.49. The van der Waals surface area contributed by atoms with Crippen LogP contribution in [0.15, 0.2) is 22.6 Å². The van der Waals surface area contributed by atoms with Gasteiger partial charge in [-0.05, 0) is 31.0 Å². The molecule has 3 heteroatoms. The van der Waals surface area contributed by atoms with Gasteiger partial charge in [0.15, 0.2) is 11.5 Å². The van der Waals surface area contributed by atoms with E-state index >= 15 is 0 Å². The topological polar surface area (TPSA) is 52.0 Å². The van der Waals surface area contributed by atoms with Crippen molar-refractivity contribution >= 4 is 16.8 Å². The highest BCUT2D eigenvalue weighted by Crippen LogP contribution is 2.33. The first kappa shape index (κ1) is 10.6. The summed E-state index contributed by atoms with van der Waals surface area (Å²) in [6, 6.07) is 5.67. The van der Waals surface area contributed by atoms with Crippen LogP contribution in [0.5, 0.6) is 0 Å². The van der Waals surface area contributed by atoms with Gasteiger partial charge in [-0.25, -0.2) is 4.98 Å². The molecule has 2 aromatic rings. The summed E-state index contributed by atoms with van der Waals surface area (Å²) in [5.41, 5.74) is 8.26. The third kappa shape index (κ3) is 2.14. The zero-order valence-corrected chi connectivity index (χ0v) is 9.98. The predicted molar refractivity (Wildman–Crippen MR) is 68.9 cm³/mol. The normalized spacial score (nSPS) is 18.4. The molecule has 2 N–H and O–H groups in total. The fraction of sp³-hybridized carbons (Fsp3) is 0.500. The van der Waals surface area contributed by atoms with Gasteiger partial charge in [0.2, 0.25) is 0 Å². The maximum atomic E-state index is 5.85. The van der Waals surface area contributed by atoms with Crippen molar-refractivity contribution < 1.29 is 4.42 Å². The maximum absolute atomic E-state index is 5.85. The summed E-state index contributed by atoms with van der Waals surface area (Å²) < 4.78 is 5.85. The summed E-state index contributed by atoms with van der Waals surface area (Å²) in [6.45, 7) is 0. The molecule has 17 heavy (non-hydrogen) atoms. The number of oxazole rings is 1. The quantitative estimate of drug-likeness (QED) is 0.598. The highest BCUT2D eigenvalue weighted by atomic mass is 16.3. The molecule has 1 aliphatic rings. The molecule has 0 radical (unpaired) electrons. The van der Waals surface area contributed by atoms with E-state index in [1.165, 1.54) is 38.5 Å². The predicted octanol–water partition coefficient (Wildman–Crippen LogP) is 3.85. The Labute approximate surface area is 101 Å². The van der Waals surface area contributed by atoms with Crippen molar-refractivity contribution in [3.05, 3.63) is 24.1 Å². The molecule has 0 amide bonds. The molecule has 1 aliphatic carbocycles. The molecular formula is C14H18N2O. The van der Waals surface area contributed by atoms with Gasteiger partial charge < -0.3 is 10.2 Å². The average Bonchev–Trinajstić information content (AvgIpc) is 2.57. The lowest BCUT2D eigenvalue weighted by Crippen LogP contribution is -1.96. The molecule has 0 saturated heterocycles. The van der Waals surface area contributed by atoms with Crippen LogP contribution >= 0.6 is 0 Å². The second-order valence-corrected chi connectivity index (χ2v) is 4.97. The number of anilines is 1. The first-order chi connectivity index (χ1) is 8.33. The van der Waals surface area contributed by atoms with Crippen LogP contribution < -0.4 is 5.73 Å². The minimum atomic E-state index is 0.506. The number of rotatable bonds is 1.